The molecule has 0 bridgehead atoms. The number of carbonyl (C=O) groups is 1. The molecule has 11 heteroatoms. The van der Waals surface area contributed by atoms with E-state index >= 15 is 0 Å². The zero-order valence-electron chi connectivity index (χ0n) is 16.8. The van der Waals surface area contributed by atoms with Crippen molar-refractivity contribution in [2.24, 2.45) is 5.41 Å². The highest BCUT2D eigenvalue weighted by molar-refractivity contribution is 7.89. The molecule has 1 unspecified atom stereocenters. The molecular weight excluding hydrogens is 447 g/mol. The van der Waals surface area contributed by atoms with Gasteiger partial charge in [0.15, 0.2) is 6.10 Å². The van der Waals surface area contributed by atoms with Gasteiger partial charge in [0.05, 0.1) is 33.7 Å². The molecule has 2 aromatic rings. The Morgan fingerprint density at radius 2 is 1.81 bits per heavy atom. The molecule has 1 aliphatic heterocycles. The van der Waals surface area contributed by atoms with Crippen molar-refractivity contribution >= 4 is 15.9 Å². The normalized spacial score (nSPS) is 18.2. The van der Waals surface area contributed by atoms with Crippen LogP contribution < -0.4 is 4.74 Å². The van der Waals surface area contributed by atoms with E-state index in [4.69, 9.17) is 15.3 Å². The topological polar surface area (TPSA) is 111 Å². The first-order valence-corrected chi connectivity index (χ1v) is 10.6. The maximum absolute atomic E-state index is 13.2. The average molecular weight is 463 g/mol. The molecule has 1 aliphatic rings. The Kier molecular flexibility index (Phi) is 5.66. The van der Waals surface area contributed by atoms with Gasteiger partial charge in [0, 0.05) is 12.0 Å². The van der Waals surface area contributed by atoms with Crippen molar-refractivity contribution in [3.8, 4) is 17.9 Å². The summed E-state index contributed by atoms with van der Waals surface area (Å²) in [4.78, 5) is 12.7. The molecule has 1 atom stereocenters. The minimum absolute atomic E-state index is 0.0852. The Bertz CT molecular complexity index is 1270. The third kappa shape index (κ3) is 4.12. The van der Waals surface area contributed by atoms with E-state index in [1.165, 1.54) is 24.3 Å². The maximum atomic E-state index is 13.2. The summed E-state index contributed by atoms with van der Waals surface area (Å²) < 4.78 is 71.9. The molecule has 166 valence electrons. The number of hydrogen-bond acceptors (Lipinski definition) is 6. The van der Waals surface area contributed by atoms with Gasteiger partial charge in [-0.25, -0.2) is 12.7 Å². The second-order valence-corrected chi connectivity index (χ2v) is 9.66. The highest BCUT2D eigenvalue weighted by Crippen LogP contribution is 2.39. The molecule has 0 radical (unpaired) electrons. The lowest BCUT2D eigenvalue weighted by molar-refractivity contribution is -0.137. The molecular formula is C21H16F3N3O4S. The summed E-state index contributed by atoms with van der Waals surface area (Å²) in [5.41, 5.74) is -2.83. The summed E-state index contributed by atoms with van der Waals surface area (Å²) in [5.74, 6) is -1.27. The summed E-state index contributed by atoms with van der Waals surface area (Å²) in [6.45, 7) is 2.81. The third-order valence-corrected chi connectivity index (χ3v) is 6.69. The van der Waals surface area contributed by atoms with Crippen molar-refractivity contribution in [3.63, 3.8) is 0 Å². The summed E-state index contributed by atoms with van der Waals surface area (Å²) in [6, 6.07) is 11.0. The van der Waals surface area contributed by atoms with Crippen LogP contribution in [0.15, 0.2) is 47.4 Å². The van der Waals surface area contributed by atoms with Crippen LogP contribution in [0.4, 0.5) is 13.2 Å². The molecule has 0 aromatic heterocycles. The molecule has 1 fully saturated rings. The van der Waals surface area contributed by atoms with Gasteiger partial charge in [-0.2, -0.15) is 23.7 Å². The Balaban J connectivity index is 1.96. The first-order valence-electron chi connectivity index (χ1n) is 9.16. The molecule has 1 heterocycles. The van der Waals surface area contributed by atoms with Gasteiger partial charge in [-0.05, 0) is 36.4 Å². The van der Waals surface area contributed by atoms with Gasteiger partial charge in [-0.1, -0.05) is 19.9 Å². The smallest absolute Gasteiger partial charge is 0.417 e. The predicted octanol–water partition coefficient (Wildman–Crippen LogP) is 3.45. The van der Waals surface area contributed by atoms with Crippen molar-refractivity contribution in [3.05, 3.63) is 59.2 Å². The van der Waals surface area contributed by atoms with Gasteiger partial charge in [-0.3, -0.25) is 4.79 Å². The number of rotatable bonds is 4. The minimum atomic E-state index is -4.82. The van der Waals surface area contributed by atoms with E-state index in [0.29, 0.717) is 10.4 Å². The predicted molar refractivity (Wildman–Crippen MR) is 104 cm³/mol. The van der Waals surface area contributed by atoms with Crippen molar-refractivity contribution < 1.29 is 31.1 Å². The first-order chi connectivity index (χ1) is 14.8. The van der Waals surface area contributed by atoms with E-state index < -0.39 is 44.8 Å². The highest BCUT2D eigenvalue weighted by atomic mass is 32.2. The summed E-state index contributed by atoms with van der Waals surface area (Å²) in [7, 11) is -4.33. The summed E-state index contributed by atoms with van der Waals surface area (Å²) in [5, 5.41) is 17.9. The average Bonchev–Trinajstić information content (AvgIpc) is 2.97. The minimum Gasteiger partial charge on any atom is -0.480 e. The van der Waals surface area contributed by atoms with Crippen LogP contribution in [0, 0.1) is 28.1 Å². The van der Waals surface area contributed by atoms with E-state index in [-0.39, 0.29) is 22.8 Å². The van der Waals surface area contributed by atoms with Crippen LogP contribution in [-0.4, -0.2) is 31.3 Å². The molecule has 32 heavy (non-hydrogen) atoms. The molecule has 3 rings (SSSR count). The zero-order chi connectivity index (χ0) is 23.9. The van der Waals surface area contributed by atoms with Gasteiger partial charge in [0.25, 0.3) is 15.9 Å². The van der Waals surface area contributed by atoms with Gasteiger partial charge in [0.2, 0.25) is 0 Å². The number of alkyl halides is 3. The van der Waals surface area contributed by atoms with Crippen LogP contribution in [0.5, 0.6) is 5.75 Å². The zero-order valence-corrected chi connectivity index (χ0v) is 17.7. The van der Waals surface area contributed by atoms with E-state index in [2.05, 4.69) is 0 Å². The van der Waals surface area contributed by atoms with Crippen molar-refractivity contribution in [1.82, 2.24) is 4.31 Å². The molecule has 1 amide bonds. The van der Waals surface area contributed by atoms with E-state index in [9.17, 15) is 26.4 Å². The number of hydrogen-bond donors (Lipinski definition) is 0. The maximum Gasteiger partial charge on any atom is 0.417 e. The Hall–Kier alpha value is -3.57. The Morgan fingerprint density at radius 1 is 1.12 bits per heavy atom. The number of nitrogens with zero attached hydrogens (tertiary/aromatic N) is 3. The van der Waals surface area contributed by atoms with E-state index in [0.717, 1.165) is 18.2 Å². The van der Waals surface area contributed by atoms with Crippen molar-refractivity contribution in [2.75, 3.05) is 6.54 Å². The SMILES string of the molecule is CC1(C)CN(S(=O)(=O)c2cccc(C#N)c2)C(=O)C1Oc1ccc(C#N)c(C(F)(F)F)c1. The number of nitriles is 2. The molecule has 0 spiro atoms. The van der Waals surface area contributed by atoms with Crippen LogP contribution in [0.25, 0.3) is 0 Å². The number of amides is 1. The van der Waals surface area contributed by atoms with E-state index in [1.54, 1.807) is 13.8 Å². The Labute approximate surface area is 182 Å². The lowest BCUT2D eigenvalue weighted by atomic mass is 9.89. The molecule has 2 aromatic carbocycles. The fourth-order valence-corrected chi connectivity index (χ4v) is 4.94. The van der Waals surface area contributed by atoms with Crippen LogP contribution in [0.2, 0.25) is 0 Å². The fourth-order valence-electron chi connectivity index (χ4n) is 3.33. The quantitative estimate of drug-likeness (QED) is 0.687. The first kappa shape index (κ1) is 23.1. The molecule has 7 nitrogen and oxygen atoms in total. The van der Waals surface area contributed by atoms with Crippen molar-refractivity contribution in [1.29, 1.82) is 10.5 Å². The van der Waals surface area contributed by atoms with Gasteiger partial charge >= 0.3 is 6.18 Å². The largest absolute Gasteiger partial charge is 0.480 e. The van der Waals surface area contributed by atoms with Crippen molar-refractivity contribution in [2.45, 2.75) is 31.0 Å². The summed E-state index contributed by atoms with van der Waals surface area (Å²) in [6.07, 6.45) is -6.22. The Morgan fingerprint density at radius 3 is 2.41 bits per heavy atom. The van der Waals surface area contributed by atoms with Gasteiger partial charge in [-0.15, -0.1) is 0 Å². The number of carbonyl (C=O) groups excluding carboxylic acids is 1. The number of halogens is 3. The second kappa shape index (κ2) is 7.84. The fraction of sp³-hybridized carbons (Fsp3) is 0.286. The molecule has 1 saturated heterocycles. The number of ether oxygens (including phenoxy) is 1. The number of sulfonamides is 1. The molecule has 0 N–H and O–H groups in total. The lowest BCUT2D eigenvalue weighted by Crippen LogP contribution is -2.38. The monoisotopic (exact) mass is 463 g/mol. The van der Waals surface area contributed by atoms with Gasteiger partial charge < -0.3 is 4.74 Å². The summed E-state index contributed by atoms with van der Waals surface area (Å²) >= 11 is 0. The highest BCUT2D eigenvalue weighted by Gasteiger charge is 2.52. The standard InChI is InChI=1S/C21H16F3N3O4S/c1-20(2)12-27(32(29,30)16-5-3-4-13(8-16)10-25)19(28)18(20)31-15-7-6-14(11-26)17(9-15)21(22,23)24/h3-9,18H,12H2,1-2H3. The molecule has 0 aliphatic carbocycles. The van der Waals surface area contributed by atoms with Crippen LogP contribution in [0.3, 0.4) is 0 Å². The third-order valence-electron chi connectivity index (χ3n) is 4.95. The number of benzene rings is 2. The van der Waals surface area contributed by atoms with Crippen LogP contribution in [-0.2, 0) is 21.0 Å². The van der Waals surface area contributed by atoms with Crippen LogP contribution in [0.1, 0.15) is 30.5 Å². The van der Waals surface area contributed by atoms with E-state index in [1.807, 2.05) is 6.07 Å². The lowest BCUT2D eigenvalue weighted by Gasteiger charge is -2.24. The van der Waals surface area contributed by atoms with Crippen LogP contribution >= 0.6 is 0 Å². The second-order valence-electron chi connectivity index (χ2n) is 7.79. The molecule has 0 saturated carbocycles. The van der Waals surface area contributed by atoms with Gasteiger partial charge in [0.1, 0.15) is 5.75 Å².